The molecular formula is C21H23N3O2. The van der Waals surface area contributed by atoms with E-state index >= 15 is 0 Å². The third kappa shape index (κ3) is 4.17. The molecule has 1 aromatic carbocycles. The minimum absolute atomic E-state index is 0.111. The van der Waals surface area contributed by atoms with Crippen molar-refractivity contribution in [2.75, 3.05) is 7.11 Å². The second-order valence-corrected chi connectivity index (χ2v) is 6.26. The lowest BCUT2D eigenvalue weighted by Crippen LogP contribution is -2.06. The number of rotatable bonds is 7. The standard InChI is InChI=1S/C21H23N3O2/c1-3-5-15(17-6-4-9-22-12-17)10-18-13-23-14-19(24-18)16-7-8-20(25)21(11-16)26-2/h4,6-9,11-15,25H,3,5,10H2,1-2H3/t15-/m1/s1. The Morgan fingerprint density at radius 2 is 2.00 bits per heavy atom. The van der Waals surface area contributed by atoms with Crippen LogP contribution in [0.5, 0.6) is 11.5 Å². The van der Waals surface area contributed by atoms with E-state index < -0.39 is 0 Å². The number of phenolic OH excluding ortho intramolecular Hbond substituents is 1. The highest BCUT2D eigenvalue weighted by atomic mass is 16.5. The van der Waals surface area contributed by atoms with Crippen LogP contribution in [0.15, 0.2) is 55.1 Å². The molecule has 26 heavy (non-hydrogen) atoms. The van der Waals surface area contributed by atoms with Crippen molar-refractivity contribution in [3.63, 3.8) is 0 Å². The van der Waals surface area contributed by atoms with Crippen LogP contribution >= 0.6 is 0 Å². The Labute approximate surface area is 153 Å². The summed E-state index contributed by atoms with van der Waals surface area (Å²) < 4.78 is 5.19. The van der Waals surface area contributed by atoms with Gasteiger partial charge in [0.15, 0.2) is 11.5 Å². The summed E-state index contributed by atoms with van der Waals surface area (Å²) in [5.74, 6) is 0.904. The van der Waals surface area contributed by atoms with Crippen molar-refractivity contribution in [3.05, 3.63) is 66.4 Å². The largest absolute Gasteiger partial charge is 0.504 e. The molecule has 0 fully saturated rings. The summed E-state index contributed by atoms with van der Waals surface area (Å²) in [7, 11) is 1.53. The van der Waals surface area contributed by atoms with Crippen molar-refractivity contribution in [1.29, 1.82) is 0 Å². The maximum atomic E-state index is 9.77. The molecule has 0 saturated carbocycles. The average molecular weight is 349 g/mol. The number of benzene rings is 1. The zero-order chi connectivity index (χ0) is 18.4. The van der Waals surface area contributed by atoms with Crippen LogP contribution in [-0.2, 0) is 6.42 Å². The van der Waals surface area contributed by atoms with Crippen LogP contribution in [0.25, 0.3) is 11.3 Å². The summed E-state index contributed by atoms with van der Waals surface area (Å²) >= 11 is 0. The number of ether oxygens (including phenoxy) is 1. The SMILES string of the molecule is CCC[C@H](Cc1cncc(-c2ccc(O)c(OC)c2)n1)c1cccnc1. The summed E-state index contributed by atoms with van der Waals surface area (Å²) in [5.41, 5.74) is 3.80. The first kappa shape index (κ1) is 17.9. The highest BCUT2D eigenvalue weighted by Gasteiger charge is 2.14. The number of hydrogen-bond donors (Lipinski definition) is 1. The maximum Gasteiger partial charge on any atom is 0.161 e. The molecule has 0 radical (unpaired) electrons. The van der Waals surface area contributed by atoms with E-state index in [1.54, 1.807) is 24.5 Å². The number of pyridine rings is 1. The molecule has 0 amide bonds. The maximum absolute atomic E-state index is 9.77. The monoisotopic (exact) mass is 349 g/mol. The predicted octanol–water partition coefficient (Wildman–Crippen LogP) is 4.38. The molecule has 2 aromatic heterocycles. The van der Waals surface area contributed by atoms with Gasteiger partial charge in [0.1, 0.15) is 0 Å². The fraction of sp³-hybridized carbons (Fsp3) is 0.286. The van der Waals surface area contributed by atoms with Crippen molar-refractivity contribution >= 4 is 0 Å². The van der Waals surface area contributed by atoms with E-state index in [0.717, 1.165) is 36.2 Å². The lowest BCUT2D eigenvalue weighted by molar-refractivity contribution is 0.373. The number of nitrogens with zero attached hydrogens (tertiary/aromatic N) is 3. The fourth-order valence-corrected chi connectivity index (χ4v) is 3.09. The molecule has 0 spiro atoms. The summed E-state index contributed by atoms with van der Waals surface area (Å²) in [6.45, 7) is 2.19. The number of phenols is 1. The van der Waals surface area contributed by atoms with Gasteiger partial charge >= 0.3 is 0 Å². The molecule has 0 aliphatic rings. The Hall–Kier alpha value is -2.95. The minimum atomic E-state index is 0.111. The molecule has 3 rings (SSSR count). The normalized spacial score (nSPS) is 11.9. The molecular weight excluding hydrogens is 326 g/mol. The Kier molecular flexibility index (Phi) is 5.79. The second-order valence-electron chi connectivity index (χ2n) is 6.26. The highest BCUT2D eigenvalue weighted by Crippen LogP contribution is 2.31. The van der Waals surface area contributed by atoms with Crippen molar-refractivity contribution in [2.45, 2.75) is 32.1 Å². The van der Waals surface area contributed by atoms with Gasteiger partial charge < -0.3 is 9.84 Å². The molecule has 5 heteroatoms. The topological polar surface area (TPSA) is 68.1 Å². The Morgan fingerprint density at radius 3 is 2.73 bits per heavy atom. The lowest BCUT2D eigenvalue weighted by atomic mass is 9.91. The van der Waals surface area contributed by atoms with E-state index in [2.05, 4.69) is 23.0 Å². The van der Waals surface area contributed by atoms with Gasteiger partial charge in [-0.1, -0.05) is 19.4 Å². The summed E-state index contributed by atoms with van der Waals surface area (Å²) in [4.78, 5) is 13.4. The average Bonchev–Trinajstić information content (AvgIpc) is 2.69. The molecule has 0 unspecified atom stereocenters. The van der Waals surface area contributed by atoms with Crippen molar-refractivity contribution in [3.8, 4) is 22.8 Å². The van der Waals surface area contributed by atoms with Crippen LogP contribution in [0.1, 0.15) is 36.9 Å². The molecule has 0 saturated heterocycles. The molecule has 2 heterocycles. The van der Waals surface area contributed by atoms with E-state index in [-0.39, 0.29) is 5.75 Å². The smallest absolute Gasteiger partial charge is 0.161 e. The van der Waals surface area contributed by atoms with Gasteiger partial charge in [0.25, 0.3) is 0 Å². The molecule has 0 aliphatic carbocycles. The zero-order valence-electron chi connectivity index (χ0n) is 15.1. The van der Waals surface area contributed by atoms with Crippen LogP contribution < -0.4 is 4.74 Å². The van der Waals surface area contributed by atoms with Gasteiger partial charge in [-0.2, -0.15) is 0 Å². The summed E-state index contributed by atoms with van der Waals surface area (Å²) in [6.07, 6.45) is 10.3. The third-order valence-electron chi connectivity index (χ3n) is 4.41. The first-order valence-corrected chi connectivity index (χ1v) is 8.79. The van der Waals surface area contributed by atoms with Crippen LogP contribution in [0, 0.1) is 0 Å². The lowest BCUT2D eigenvalue weighted by Gasteiger charge is -2.16. The zero-order valence-corrected chi connectivity index (χ0v) is 15.1. The summed E-state index contributed by atoms with van der Waals surface area (Å²) in [6, 6.07) is 9.29. The third-order valence-corrected chi connectivity index (χ3v) is 4.41. The van der Waals surface area contributed by atoms with Crippen LogP contribution in [0.2, 0.25) is 0 Å². The first-order chi connectivity index (χ1) is 12.7. The molecule has 5 nitrogen and oxygen atoms in total. The van der Waals surface area contributed by atoms with E-state index in [1.165, 1.54) is 12.7 Å². The van der Waals surface area contributed by atoms with E-state index in [0.29, 0.717) is 11.7 Å². The Morgan fingerprint density at radius 1 is 1.12 bits per heavy atom. The van der Waals surface area contributed by atoms with Gasteiger partial charge in [-0.25, -0.2) is 4.98 Å². The van der Waals surface area contributed by atoms with Gasteiger partial charge in [-0.15, -0.1) is 0 Å². The van der Waals surface area contributed by atoms with Crippen LogP contribution in [0.4, 0.5) is 0 Å². The second kappa shape index (κ2) is 8.43. The number of aromatic hydroxyl groups is 1. The van der Waals surface area contributed by atoms with Crippen molar-refractivity contribution in [2.24, 2.45) is 0 Å². The Balaban J connectivity index is 1.86. The number of methoxy groups -OCH3 is 1. The quantitative estimate of drug-likeness (QED) is 0.685. The van der Waals surface area contributed by atoms with Gasteiger partial charge in [-0.05, 0) is 48.6 Å². The predicted molar refractivity (Wildman–Crippen MR) is 101 cm³/mol. The summed E-state index contributed by atoms with van der Waals surface area (Å²) in [5, 5.41) is 9.77. The highest BCUT2D eigenvalue weighted by molar-refractivity contribution is 5.63. The molecule has 0 bridgehead atoms. The van der Waals surface area contributed by atoms with E-state index in [1.807, 2.05) is 24.5 Å². The molecule has 3 aromatic rings. The Bertz CT molecular complexity index is 853. The number of aromatic nitrogens is 3. The van der Waals surface area contributed by atoms with Crippen molar-refractivity contribution in [1.82, 2.24) is 15.0 Å². The minimum Gasteiger partial charge on any atom is -0.504 e. The molecule has 134 valence electrons. The number of hydrogen-bond acceptors (Lipinski definition) is 5. The van der Waals surface area contributed by atoms with Crippen LogP contribution in [-0.4, -0.2) is 27.2 Å². The van der Waals surface area contributed by atoms with Gasteiger partial charge in [0.05, 0.1) is 24.7 Å². The molecule has 0 aliphatic heterocycles. The molecule has 1 N–H and O–H groups in total. The van der Waals surface area contributed by atoms with E-state index in [9.17, 15) is 5.11 Å². The van der Waals surface area contributed by atoms with Gasteiger partial charge in [0.2, 0.25) is 0 Å². The van der Waals surface area contributed by atoms with Crippen LogP contribution in [0.3, 0.4) is 0 Å². The van der Waals surface area contributed by atoms with Gasteiger partial charge in [-0.3, -0.25) is 9.97 Å². The van der Waals surface area contributed by atoms with Gasteiger partial charge in [0, 0.05) is 24.2 Å². The molecule has 1 atom stereocenters. The fourth-order valence-electron chi connectivity index (χ4n) is 3.09. The van der Waals surface area contributed by atoms with Crippen molar-refractivity contribution < 1.29 is 9.84 Å². The first-order valence-electron chi connectivity index (χ1n) is 8.79. The van der Waals surface area contributed by atoms with E-state index in [4.69, 9.17) is 9.72 Å².